The molecule has 1 nitrogen and oxygen atoms in total. The molecule has 0 bridgehead atoms. The van der Waals surface area contributed by atoms with E-state index in [0.717, 1.165) is 17.2 Å². The van der Waals surface area contributed by atoms with Gasteiger partial charge in [-0.25, -0.2) is 0 Å². The Labute approximate surface area is 121 Å². The van der Waals surface area contributed by atoms with Crippen molar-refractivity contribution in [1.29, 1.82) is 0 Å². The van der Waals surface area contributed by atoms with E-state index in [-0.39, 0.29) is 0 Å². The van der Waals surface area contributed by atoms with Gasteiger partial charge in [0, 0.05) is 16.2 Å². The third kappa shape index (κ3) is 3.17. The van der Waals surface area contributed by atoms with Crippen molar-refractivity contribution in [2.75, 3.05) is 7.05 Å². The molecule has 2 heteroatoms. The van der Waals surface area contributed by atoms with Crippen LogP contribution in [0.5, 0.6) is 0 Å². The van der Waals surface area contributed by atoms with Gasteiger partial charge in [-0.05, 0) is 56.7 Å². The lowest BCUT2D eigenvalue weighted by molar-refractivity contribution is 0.352. The maximum Gasteiger partial charge on any atom is 0.0136 e. The molecule has 3 rings (SSSR count). The standard InChI is InChI=1S/C17H25NS/c1-18-16(13-6-2-3-7-13)11-10-15-12-14-8-4-5-9-17(14)19-15/h4-5,8-9,13,15-16,18H,2-3,6-7,10-12H2,1H3. The first-order valence-corrected chi connectivity index (χ1v) is 8.66. The average Bonchev–Trinajstić information content (AvgIpc) is 3.08. The van der Waals surface area contributed by atoms with Gasteiger partial charge in [0.2, 0.25) is 0 Å². The van der Waals surface area contributed by atoms with Crippen LogP contribution in [0.25, 0.3) is 0 Å². The Morgan fingerprint density at radius 1 is 1.26 bits per heavy atom. The molecule has 1 aliphatic heterocycles. The lowest BCUT2D eigenvalue weighted by atomic mass is 9.93. The van der Waals surface area contributed by atoms with Gasteiger partial charge in [-0.15, -0.1) is 11.8 Å². The van der Waals surface area contributed by atoms with Crippen LogP contribution in [0, 0.1) is 5.92 Å². The normalized spacial score (nSPS) is 24.6. The highest BCUT2D eigenvalue weighted by Crippen LogP contribution is 2.39. The van der Waals surface area contributed by atoms with Gasteiger partial charge >= 0.3 is 0 Å². The summed E-state index contributed by atoms with van der Waals surface area (Å²) in [6.45, 7) is 0. The van der Waals surface area contributed by atoms with Gasteiger partial charge in [0.05, 0.1) is 0 Å². The maximum absolute atomic E-state index is 3.58. The molecule has 2 atom stereocenters. The van der Waals surface area contributed by atoms with Crippen molar-refractivity contribution in [2.24, 2.45) is 5.92 Å². The minimum Gasteiger partial charge on any atom is -0.317 e. The Morgan fingerprint density at radius 2 is 2.05 bits per heavy atom. The summed E-state index contributed by atoms with van der Waals surface area (Å²) in [4.78, 5) is 1.52. The van der Waals surface area contributed by atoms with Gasteiger partial charge in [0.25, 0.3) is 0 Å². The summed E-state index contributed by atoms with van der Waals surface area (Å²) in [5.74, 6) is 0.943. The third-order valence-corrected chi connectivity index (χ3v) is 6.24. The van der Waals surface area contributed by atoms with E-state index in [9.17, 15) is 0 Å². The van der Waals surface area contributed by atoms with E-state index in [0.29, 0.717) is 0 Å². The van der Waals surface area contributed by atoms with Crippen LogP contribution in [-0.4, -0.2) is 18.3 Å². The van der Waals surface area contributed by atoms with Gasteiger partial charge in [-0.3, -0.25) is 0 Å². The highest BCUT2D eigenvalue weighted by molar-refractivity contribution is 8.00. The van der Waals surface area contributed by atoms with Crippen molar-refractivity contribution in [3.63, 3.8) is 0 Å². The highest BCUT2D eigenvalue weighted by atomic mass is 32.2. The molecule has 1 N–H and O–H groups in total. The predicted molar refractivity (Wildman–Crippen MR) is 83.8 cm³/mol. The Hall–Kier alpha value is -0.470. The van der Waals surface area contributed by atoms with Crippen LogP contribution in [0.4, 0.5) is 0 Å². The van der Waals surface area contributed by atoms with E-state index in [4.69, 9.17) is 0 Å². The topological polar surface area (TPSA) is 12.0 Å². The zero-order valence-electron chi connectivity index (χ0n) is 11.9. The molecule has 0 saturated heterocycles. The van der Waals surface area contributed by atoms with Gasteiger partial charge < -0.3 is 5.32 Å². The first kappa shape index (κ1) is 13.5. The lowest BCUT2D eigenvalue weighted by Gasteiger charge is -2.24. The number of fused-ring (bicyclic) bond motifs is 1. The van der Waals surface area contributed by atoms with Crippen LogP contribution in [0.1, 0.15) is 44.1 Å². The fourth-order valence-electron chi connectivity index (χ4n) is 3.76. The molecule has 19 heavy (non-hydrogen) atoms. The molecule has 0 radical (unpaired) electrons. The average molecular weight is 275 g/mol. The van der Waals surface area contributed by atoms with Crippen LogP contribution >= 0.6 is 11.8 Å². The summed E-state index contributed by atoms with van der Waals surface area (Å²) < 4.78 is 0. The second-order valence-corrected chi connectivity index (χ2v) is 7.41. The molecule has 2 unspecified atom stereocenters. The number of benzene rings is 1. The molecule has 1 aliphatic carbocycles. The summed E-state index contributed by atoms with van der Waals surface area (Å²) in [6.07, 6.45) is 9.79. The lowest BCUT2D eigenvalue weighted by Crippen LogP contribution is -2.32. The molecule has 1 aromatic rings. The zero-order valence-corrected chi connectivity index (χ0v) is 12.7. The molecule has 1 heterocycles. The fourth-order valence-corrected chi connectivity index (χ4v) is 5.09. The second-order valence-electron chi connectivity index (χ2n) is 6.07. The summed E-state index contributed by atoms with van der Waals surface area (Å²) >= 11 is 2.10. The number of hydrogen-bond donors (Lipinski definition) is 1. The quantitative estimate of drug-likeness (QED) is 0.861. The smallest absolute Gasteiger partial charge is 0.0136 e. The zero-order chi connectivity index (χ0) is 13.1. The van der Waals surface area contributed by atoms with Crippen molar-refractivity contribution in [2.45, 2.75) is 61.1 Å². The Bertz CT molecular complexity index is 386. The minimum atomic E-state index is 0.756. The monoisotopic (exact) mass is 275 g/mol. The van der Waals surface area contributed by atoms with E-state index >= 15 is 0 Å². The number of nitrogens with one attached hydrogen (secondary N) is 1. The highest BCUT2D eigenvalue weighted by Gasteiger charge is 2.26. The van der Waals surface area contributed by atoms with Crippen LogP contribution in [-0.2, 0) is 6.42 Å². The van der Waals surface area contributed by atoms with Crippen LogP contribution < -0.4 is 5.32 Å². The summed E-state index contributed by atoms with van der Waals surface area (Å²) in [6, 6.07) is 9.69. The number of hydrogen-bond acceptors (Lipinski definition) is 2. The van der Waals surface area contributed by atoms with E-state index < -0.39 is 0 Å². The summed E-state index contributed by atoms with van der Waals surface area (Å²) in [5, 5.41) is 4.39. The second kappa shape index (κ2) is 6.32. The molecular formula is C17H25NS. The fraction of sp³-hybridized carbons (Fsp3) is 0.647. The van der Waals surface area contributed by atoms with Crippen molar-refractivity contribution in [3.05, 3.63) is 29.8 Å². The third-order valence-electron chi connectivity index (χ3n) is 4.85. The molecule has 0 aromatic heterocycles. The van der Waals surface area contributed by atoms with E-state index in [1.54, 1.807) is 5.56 Å². The molecule has 1 fully saturated rings. The van der Waals surface area contributed by atoms with E-state index in [1.807, 2.05) is 0 Å². The van der Waals surface area contributed by atoms with Crippen molar-refractivity contribution >= 4 is 11.8 Å². The molecule has 2 aliphatic rings. The number of thioether (sulfide) groups is 1. The van der Waals surface area contributed by atoms with Crippen molar-refractivity contribution in [1.82, 2.24) is 5.32 Å². The van der Waals surface area contributed by atoms with Crippen molar-refractivity contribution < 1.29 is 0 Å². The Morgan fingerprint density at radius 3 is 2.79 bits per heavy atom. The van der Waals surface area contributed by atoms with Crippen molar-refractivity contribution in [3.8, 4) is 0 Å². The van der Waals surface area contributed by atoms with Crippen LogP contribution in [0.2, 0.25) is 0 Å². The van der Waals surface area contributed by atoms with Gasteiger partial charge in [-0.2, -0.15) is 0 Å². The molecule has 104 valence electrons. The van der Waals surface area contributed by atoms with Crippen LogP contribution in [0.3, 0.4) is 0 Å². The Balaban J connectivity index is 1.50. The molecular weight excluding hydrogens is 250 g/mol. The van der Waals surface area contributed by atoms with Gasteiger partial charge in [0.15, 0.2) is 0 Å². The van der Waals surface area contributed by atoms with Gasteiger partial charge in [-0.1, -0.05) is 31.0 Å². The maximum atomic E-state index is 3.58. The van der Waals surface area contributed by atoms with Gasteiger partial charge in [0.1, 0.15) is 0 Å². The molecule has 0 amide bonds. The summed E-state index contributed by atoms with van der Waals surface area (Å²) in [5.41, 5.74) is 1.57. The van der Waals surface area contributed by atoms with Crippen LogP contribution in [0.15, 0.2) is 29.2 Å². The molecule has 1 saturated carbocycles. The first-order valence-electron chi connectivity index (χ1n) is 7.78. The first-order chi connectivity index (χ1) is 9.36. The largest absolute Gasteiger partial charge is 0.317 e. The molecule has 1 aromatic carbocycles. The summed E-state index contributed by atoms with van der Waals surface area (Å²) in [7, 11) is 2.15. The van der Waals surface area contributed by atoms with E-state index in [1.165, 1.54) is 49.8 Å². The molecule has 0 spiro atoms. The Kier molecular flexibility index (Phi) is 4.49. The number of rotatable bonds is 5. The SMILES string of the molecule is CNC(CCC1Cc2ccccc2S1)C1CCCC1. The van der Waals surface area contributed by atoms with E-state index in [2.05, 4.69) is 48.4 Å². The minimum absolute atomic E-state index is 0.756. The predicted octanol–water partition coefficient (Wildman–Crippen LogP) is 4.26.